The van der Waals surface area contributed by atoms with Gasteiger partial charge in [-0.05, 0) is 81.2 Å². The van der Waals surface area contributed by atoms with Gasteiger partial charge in [-0.3, -0.25) is 0 Å². The van der Waals surface area contributed by atoms with Gasteiger partial charge in [-0.2, -0.15) is 0 Å². The lowest BCUT2D eigenvalue weighted by Gasteiger charge is -2.20. The van der Waals surface area contributed by atoms with Crippen molar-refractivity contribution in [3.05, 3.63) is 29.3 Å². The highest BCUT2D eigenvalue weighted by molar-refractivity contribution is 5.37. The summed E-state index contributed by atoms with van der Waals surface area (Å²) in [5, 5.41) is 3.45. The second-order valence-corrected chi connectivity index (χ2v) is 6.36. The molecule has 0 aliphatic heterocycles. The van der Waals surface area contributed by atoms with E-state index in [1.165, 1.54) is 62.5 Å². The number of aryl methyl sites for hydroxylation is 2. The molecule has 2 heteroatoms. The predicted molar refractivity (Wildman–Crippen MR) is 83.4 cm³/mol. The zero-order valence-electron chi connectivity index (χ0n) is 12.7. The predicted octanol–water partition coefficient (Wildman–Crippen LogP) is 3.72. The van der Waals surface area contributed by atoms with E-state index in [-0.39, 0.29) is 0 Å². The Morgan fingerprint density at radius 2 is 1.95 bits per heavy atom. The van der Waals surface area contributed by atoms with Crippen LogP contribution in [0.15, 0.2) is 18.2 Å². The van der Waals surface area contributed by atoms with Crippen molar-refractivity contribution in [2.24, 2.45) is 5.92 Å². The lowest BCUT2D eigenvalue weighted by molar-refractivity contribution is 0.263. The maximum atomic E-state index is 6.00. The minimum absolute atomic E-state index is 0.710. The Morgan fingerprint density at radius 1 is 1.10 bits per heavy atom. The molecule has 0 spiro atoms. The number of benzene rings is 1. The van der Waals surface area contributed by atoms with Crippen molar-refractivity contribution < 1.29 is 4.74 Å². The fourth-order valence-corrected chi connectivity index (χ4v) is 3.89. The van der Waals surface area contributed by atoms with Gasteiger partial charge >= 0.3 is 0 Å². The molecule has 2 unspecified atom stereocenters. The standard InChI is InChI=1S/C18H27NO/c1-19-18-8-4-7-15(18)11-12-20-17-10-9-14-5-2-3-6-16(14)13-17/h9-10,13,15,18-19H,2-8,11-12H2,1H3. The Balaban J connectivity index is 1.51. The van der Waals surface area contributed by atoms with Gasteiger partial charge < -0.3 is 10.1 Å². The highest BCUT2D eigenvalue weighted by Crippen LogP contribution is 2.29. The van der Waals surface area contributed by atoms with Crippen molar-refractivity contribution in [2.45, 2.75) is 57.4 Å². The molecule has 0 saturated heterocycles. The molecule has 3 rings (SSSR count). The third kappa shape index (κ3) is 3.17. The maximum absolute atomic E-state index is 6.00. The minimum atomic E-state index is 0.710. The van der Waals surface area contributed by atoms with E-state index in [4.69, 9.17) is 4.74 Å². The van der Waals surface area contributed by atoms with Crippen LogP contribution in [-0.2, 0) is 12.8 Å². The van der Waals surface area contributed by atoms with Crippen LogP contribution < -0.4 is 10.1 Å². The molecule has 1 saturated carbocycles. The first kappa shape index (κ1) is 13.9. The van der Waals surface area contributed by atoms with Gasteiger partial charge in [-0.25, -0.2) is 0 Å². The van der Waals surface area contributed by atoms with Gasteiger partial charge in [-0.1, -0.05) is 12.5 Å². The fourth-order valence-electron chi connectivity index (χ4n) is 3.89. The summed E-state index contributed by atoms with van der Waals surface area (Å²) in [6.45, 7) is 0.863. The second kappa shape index (κ2) is 6.62. The van der Waals surface area contributed by atoms with Crippen LogP contribution in [0.25, 0.3) is 0 Å². The molecule has 0 amide bonds. The number of hydrogen-bond acceptors (Lipinski definition) is 2. The number of fused-ring (bicyclic) bond motifs is 1. The largest absolute Gasteiger partial charge is 0.494 e. The normalized spacial score (nSPS) is 25.4. The van der Waals surface area contributed by atoms with E-state index in [1.54, 1.807) is 0 Å². The quantitative estimate of drug-likeness (QED) is 0.883. The van der Waals surface area contributed by atoms with Gasteiger partial charge in [0.2, 0.25) is 0 Å². The van der Waals surface area contributed by atoms with Crippen LogP contribution in [0.2, 0.25) is 0 Å². The average molecular weight is 273 g/mol. The third-order valence-electron chi connectivity index (χ3n) is 5.11. The second-order valence-electron chi connectivity index (χ2n) is 6.36. The van der Waals surface area contributed by atoms with Crippen molar-refractivity contribution in [1.82, 2.24) is 5.32 Å². The van der Waals surface area contributed by atoms with E-state index in [9.17, 15) is 0 Å². The number of hydrogen-bond donors (Lipinski definition) is 1. The zero-order valence-corrected chi connectivity index (χ0v) is 12.7. The Kier molecular flexibility index (Phi) is 4.62. The summed E-state index contributed by atoms with van der Waals surface area (Å²) >= 11 is 0. The van der Waals surface area contributed by atoms with E-state index in [1.807, 2.05) is 0 Å². The van der Waals surface area contributed by atoms with Crippen LogP contribution in [0, 0.1) is 5.92 Å². The van der Waals surface area contributed by atoms with Crippen LogP contribution in [0.5, 0.6) is 5.75 Å². The highest BCUT2D eigenvalue weighted by Gasteiger charge is 2.25. The van der Waals surface area contributed by atoms with Crippen LogP contribution in [-0.4, -0.2) is 19.7 Å². The molecule has 2 aliphatic carbocycles. The zero-order chi connectivity index (χ0) is 13.8. The van der Waals surface area contributed by atoms with Crippen LogP contribution in [0.4, 0.5) is 0 Å². The molecule has 110 valence electrons. The summed E-state index contributed by atoms with van der Waals surface area (Å²) in [5.41, 5.74) is 3.05. The first-order valence-electron chi connectivity index (χ1n) is 8.28. The molecule has 1 fully saturated rings. The van der Waals surface area contributed by atoms with E-state index in [2.05, 4.69) is 30.6 Å². The van der Waals surface area contributed by atoms with Crippen LogP contribution in [0.3, 0.4) is 0 Å². The summed E-state index contributed by atoms with van der Waals surface area (Å²) in [6.07, 6.45) is 10.4. The first-order valence-corrected chi connectivity index (χ1v) is 8.28. The fraction of sp³-hybridized carbons (Fsp3) is 0.667. The first-order chi connectivity index (χ1) is 9.86. The smallest absolute Gasteiger partial charge is 0.119 e. The molecule has 0 radical (unpaired) electrons. The molecular weight excluding hydrogens is 246 g/mol. The molecule has 2 atom stereocenters. The van der Waals surface area contributed by atoms with Crippen molar-refractivity contribution in [2.75, 3.05) is 13.7 Å². The Bertz CT molecular complexity index is 443. The number of rotatable bonds is 5. The number of nitrogens with one attached hydrogen (secondary N) is 1. The molecule has 0 bridgehead atoms. The van der Waals surface area contributed by atoms with Crippen molar-refractivity contribution >= 4 is 0 Å². The van der Waals surface area contributed by atoms with E-state index >= 15 is 0 Å². The van der Waals surface area contributed by atoms with Crippen molar-refractivity contribution in [3.63, 3.8) is 0 Å². The summed E-state index contributed by atoms with van der Waals surface area (Å²) in [6, 6.07) is 7.42. The van der Waals surface area contributed by atoms with Gasteiger partial charge in [0.1, 0.15) is 5.75 Å². The SMILES string of the molecule is CNC1CCCC1CCOc1ccc2c(c1)CCCC2. The summed E-state index contributed by atoms with van der Waals surface area (Å²) in [5.74, 6) is 1.88. The van der Waals surface area contributed by atoms with Gasteiger partial charge in [0.05, 0.1) is 6.61 Å². The molecule has 1 aromatic rings. The average Bonchev–Trinajstić information content (AvgIpc) is 2.95. The topological polar surface area (TPSA) is 21.3 Å². The molecule has 1 N–H and O–H groups in total. The van der Waals surface area contributed by atoms with Crippen molar-refractivity contribution in [1.29, 1.82) is 0 Å². The van der Waals surface area contributed by atoms with Crippen LogP contribution in [0.1, 0.15) is 49.7 Å². The molecular formula is C18H27NO. The molecule has 2 aliphatic rings. The van der Waals surface area contributed by atoms with Gasteiger partial charge in [0, 0.05) is 6.04 Å². The minimum Gasteiger partial charge on any atom is -0.494 e. The summed E-state index contributed by atoms with van der Waals surface area (Å²) in [4.78, 5) is 0. The van der Waals surface area contributed by atoms with Crippen LogP contribution >= 0.6 is 0 Å². The third-order valence-corrected chi connectivity index (χ3v) is 5.11. The molecule has 20 heavy (non-hydrogen) atoms. The summed E-state index contributed by atoms with van der Waals surface area (Å²) in [7, 11) is 2.09. The maximum Gasteiger partial charge on any atom is 0.119 e. The molecule has 1 aromatic carbocycles. The van der Waals surface area contributed by atoms with E-state index < -0.39 is 0 Å². The Labute approximate surface area is 122 Å². The van der Waals surface area contributed by atoms with Gasteiger partial charge in [0.25, 0.3) is 0 Å². The molecule has 0 heterocycles. The monoisotopic (exact) mass is 273 g/mol. The van der Waals surface area contributed by atoms with E-state index in [0.29, 0.717) is 6.04 Å². The lowest BCUT2D eigenvalue weighted by Crippen LogP contribution is -2.29. The Hall–Kier alpha value is -1.02. The number of ether oxygens (including phenoxy) is 1. The van der Waals surface area contributed by atoms with E-state index in [0.717, 1.165) is 18.3 Å². The lowest BCUT2D eigenvalue weighted by atomic mass is 9.92. The molecule has 0 aromatic heterocycles. The van der Waals surface area contributed by atoms with Gasteiger partial charge in [-0.15, -0.1) is 0 Å². The van der Waals surface area contributed by atoms with Gasteiger partial charge in [0.15, 0.2) is 0 Å². The van der Waals surface area contributed by atoms with Crippen molar-refractivity contribution in [3.8, 4) is 5.75 Å². The Morgan fingerprint density at radius 3 is 2.80 bits per heavy atom. The summed E-state index contributed by atoms with van der Waals surface area (Å²) < 4.78 is 6.00. The highest BCUT2D eigenvalue weighted by atomic mass is 16.5. The molecule has 2 nitrogen and oxygen atoms in total.